The van der Waals surface area contributed by atoms with Gasteiger partial charge in [-0.25, -0.2) is 0 Å². The molecule has 0 radical (unpaired) electrons. The number of fused-ring (bicyclic) bond motifs is 1. The summed E-state index contributed by atoms with van der Waals surface area (Å²) in [5.41, 5.74) is 0.414. The number of rotatable bonds is 2. The lowest BCUT2D eigenvalue weighted by Crippen LogP contribution is -2.43. The molecule has 0 saturated heterocycles. The van der Waals surface area contributed by atoms with E-state index < -0.39 is 17.3 Å². The molecule has 2 aromatic rings. The first-order valence-electron chi connectivity index (χ1n) is 8.00. The zero-order valence-corrected chi connectivity index (χ0v) is 13.4. The van der Waals surface area contributed by atoms with Gasteiger partial charge in [0.05, 0.1) is 0 Å². The predicted molar refractivity (Wildman–Crippen MR) is 86.8 cm³/mol. The molecule has 6 heteroatoms. The number of carbonyl (C=O) groups excluding carboxylic acids is 1. The molecular weight excluding hydrogens is 294 g/mol. The largest absolute Gasteiger partial charge is 0.493 e. The highest BCUT2D eigenvalue weighted by molar-refractivity contribution is 5.96. The van der Waals surface area contributed by atoms with Gasteiger partial charge in [0.25, 0.3) is 11.5 Å². The van der Waals surface area contributed by atoms with Crippen molar-refractivity contribution in [2.24, 2.45) is 5.92 Å². The van der Waals surface area contributed by atoms with Crippen LogP contribution in [0.3, 0.4) is 0 Å². The number of hydrogen-bond acceptors (Lipinski definition) is 4. The second-order valence-corrected chi connectivity index (χ2v) is 6.39. The van der Waals surface area contributed by atoms with Crippen molar-refractivity contribution in [1.82, 2.24) is 14.7 Å². The van der Waals surface area contributed by atoms with Crippen LogP contribution in [0.5, 0.6) is 5.88 Å². The van der Waals surface area contributed by atoms with E-state index in [9.17, 15) is 14.7 Å². The molecule has 2 aromatic heterocycles. The molecule has 0 aromatic carbocycles. The van der Waals surface area contributed by atoms with Crippen molar-refractivity contribution in [3.05, 3.63) is 39.8 Å². The number of nitrogens with one attached hydrogen (secondary N) is 1. The topological polar surface area (TPSA) is 83.7 Å². The lowest BCUT2D eigenvalue weighted by Gasteiger charge is -2.29. The van der Waals surface area contributed by atoms with Gasteiger partial charge in [-0.05, 0) is 43.4 Å². The zero-order chi connectivity index (χ0) is 16.6. The van der Waals surface area contributed by atoms with E-state index in [1.165, 1.54) is 10.8 Å². The van der Waals surface area contributed by atoms with Gasteiger partial charge >= 0.3 is 0 Å². The van der Waals surface area contributed by atoms with Crippen LogP contribution in [0.25, 0.3) is 5.65 Å². The average molecular weight is 315 g/mol. The average Bonchev–Trinajstić information content (AvgIpc) is 2.49. The van der Waals surface area contributed by atoms with Gasteiger partial charge in [0.2, 0.25) is 5.88 Å². The quantitative estimate of drug-likeness (QED) is 0.888. The van der Waals surface area contributed by atoms with Gasteiger partial charge in [-0.1, -0.05) is 19.8 Å². The van der Waals surface area contributed by atoms with E-state index in [0.29, 0.717) is 11.6 Å². The van der Waals surface area contributed by atoms with Crippen molar-refractivity contribution in [3.63, 3.8) is 0 Å². The summed E-state index contributed by atoms with van der Waals surface area (Å²) in [6.45, 7) is 3.96. The van der Waals surface area contributed by atoms with Gasteiger partial charge in [-0.2, -0.15) is 4.98 Å². The molecule has 2 heterocycles. The maximum absolute atomic E-state index is 12.5. The molecule has 1 fully saturated rings. The summed E-state index contributed by atoms with van der Waals surface area (Å²) in [6.07, 6.45) is 5.76. The number of carbonyl (C=O) groups is 1. The highest BCUT2D eigenvalue weighted by Crippen LogP contribution is 2.24. The van der Waals surface area contributed by atoms with Gasteiger partial charge < -0.3 is 10.4 Å². The summed E-state index contributed by atoms with van der Waals surface area (Å²) in [7, 11) is 0. The predicted octanol–water partition coefficient (Wildman–Crippen LogP) is 2.02. The van der Waals surface area contributed by atoms with E-state index in [2.05, 4.69) is 17.2 Å². The fourth-order valence-corrected chi connectivity index (χ4v) is 3.20. The van der Waals surface area contributed by atoms with Crippen LogP contribution in [0.4, 0.5) is 0 Å². The summed E-state index contributed by atoms with van der Waals surface area (Å²) in [4.78, 5) is 29.0. The molecule has 0 bridgehead atoms. The highest BCUT2D eigenvalue weighted by atomic mass is 16.3. The maximum Gasteiger partial charge on any atom is 0.274 e. The molecule has 122 valence electrons. The monoisotopic (exact) mass is 315 g/mol. The third-order valence-electron chi connectivity index (χ3n) is 4.62. The Kier molecular flexibility index (Phi) is 4.07. The first-order valence-corrected chi connectivity index (χ1v) is 8.00. The fourth-order valence-electron chi connectivity index (χ4n) is 3.20. The molecule has 3 rings (SSSR count). The van der Waals surface area contributed by atoms with Crippen LogP contribution in [-0.2, 0) is 0 Å². The Balaban J connectivity index is 1.97. The van der Waals surface area contributed by atoms with Crippen molar-refractivity contribution in [3.8, 4) is 5.88 Å². The smallest absolute Gasteiger partial charge is 0.274 e. The number of aromatic nitrogens is 2. The van der Waals surface area contributed by atoms with Crippen LogP contribution in [0.15, 0.2) is 23.1 Å². The number of pyridine rings is 1. The number of aryl methyl sites for hydroxylation is 1. The van der Waals surface area contributed by atoms with Gasteiger partial charge in [0, 0.05) is 12.2 Å². The molecule has 0 spiro atoms. The van der Waals surface area contributed by atoms with E-state index in [0.717, 1.165) is 24.8 Å². The number of amides is 1. The third-order valence-corrected chi connectivity index (χ3v) is 4.62. The molecule has 1 aliphatic carbocycles. The third kappa shape index (κ3) is 2.93. The van der Waals surface area contributed by atoms with Crippen LogP contribution >= 0.6 is 0 Å². The minimum atomic E-state index is -0.548. The summed E-state index contributed by atoms with van der Waals surface area (Å²) in [5, 5.41) is 13.0. The van der Waals surface area contributed by atoms with Crippen molar-refractivity contribution >= 4 is 11.6 Å². The fraction of sp³-hybridized carbons (Fsp3) is 0.471. The molecule has 0 unspecified atom stereocenters. The maximum atomic E-state index is 12.5. The van der Waals surface area contributed by atoms with Crippen molar-refractivity contribution in [2.45, 2.75) is 45.6 Å². The van der Waals surface area contributed by atoms with Crippen molar-refractivity contribution in [2.75, 3.05) is 0 Å². The Morgan fingerprint density at radius 3 is 2.87 bits per heavy atom. The van der Waals surface area contributed by atoms with Gasteiger partial charge in [0.15, 0.2) is 5.56 Å². The minimum Gasteiger partial charge on any atom is -0.493 e. The van der Waals surface area contributed by atoms with Crippen LogP contribution in [0.1, 0.15) is 48.5 Å². The molecule has 1 amide bonds. The van der Waals surface area contributed by atoms with E-state index >= 15 is 0 Å². The SMILES string of the molecule is Cc1ccn2c(=O)c(C(=O)N[C@H]3CCCC[C@@H]3C)c(O)nc2c1. The second-order valence-electron chi connectivity index (χ2n) is 6.39. The number of nitrogens with zero attached hydrogens (tertiary/aromatic N) is 2. The molecule has 2 N–H and O–H groups in total. The van der Waals surface area contributed by atoms with Crippen LogP contribution in [0.2, 0.25) is 0 Å². The van der Waals surface area contributed by atoms with Crippen LogP contribution in [-0.4, -0.2) is 26.4 Å². The molecular formula is C17H21N3O3. The number of hydrogen-bond donors (Lipinski definition) is 2. The molecule has 0 aliphatic heterocycles. The molecule has 23 heavy (non-hydrogen) atoms. The summed E-state index contributed by atoms with van der Waals surface area (Å²) >= 11 is 0. The molecule has 1 aliphatic rings. The van der Waals surface area contributed by atoms with Gasteiger partial charge in [0.1, 0.15) is 5.65 Å². The van der Waals surface area contributed by atoms with Crippen LogP contribution in [0, 0.1) is 12.8 Å². The zero-order valence-electron chi connectivity index (χ0n) is 13.4. The highest BCUT2D eigenvalue weighted by Gasteiger charge is 2.26. The Bertz CT molecular complexity index is 813. The molecule has 6 nitrogen and oxygen atoms in total. The Hall–Kier alpha value is -2.37. The Morgan fingerprint density at radius 1 is 1.39 bits per heavy atom. The first kappa shape index (κ1) is 15.5. The summed E-state index contributed by atoms with van der Waals surface area (Å²) in [5.74, 6) is -0.691. The molecule has 1 saturated carbocycles. The van der Waals surface area contributed by atoms with Gasteiger partial charge in [-0.15, -0.1) is 0 Å². The van der Waals surface area contributed by atoms with E-state index in [-0.39, 0.29) is 11.6 Å². The van der Waals surface area contributed by atoms with E-state index in [1.54, 1.807) is 18.3 Å². The summed E-state index contributed by atoms with van der Waals surface area (Å²) in [6, 6.07) is 3.48. The number of aromatic hydroxyl groups is 1. The lowest BCUT2D eigenvalue weighted by atomic mass is 9.86. The second kappa shape index (κ2) is 6.02. The van der Waals surface area contributed by atoms with E-state index in [1.807, 2.05) is 6.92 Å². The molecule has 2 atom stereocenters. The minimum absolute atomic E-state index is 0.0359. The summed E-state index contributed by atoms with van der Waals surface area (Å²) < 4.78 is 1.28. The Labute approximate surface area is 134 Å². The van der Waals surface area contributed by atoms with Crippen molar-refractivity contribution in [1.29, 1.82) is 0 Å². The van der Waals surface area contributed by atoms with Crippen molar-refractivity contribution < 1.29 is 9.90 Å². The lowest BCUT2D eigenvalue weighted by molar-refractivity contribution is 0.0905. The standard InChI is InChI=1S/C17H21N3O3/c1-10-7-8-20-13(9-10)19-16(22)14(17(20)23)15(21)18-12-6-4-3-5-11(12)2/h7-9,11-12,22H,3-6H2,1-2H3,(H,18,21)/t11-,12-/m0/s1. The Morgan fingerprint density at radius 2 is 2.13 bits per heavy atom. The van der Waals surface area contributed by atoms with Gasteiger partial charge in [-0.3, -0.25) is 14.0 Å². The first-order chi connectivity index (χ1) is 11.0. The van der Waals surface area contributed by atoms with Crippen LogP contribution < -0.4 is 10.9 Å². The van der Waals surface area contributed by atoms with E-state index in [4.69, 9.17) is 0 Å². The normalized spacial score (nSPS) is 21.3.